The Morgan fingerprint density at radius 2 is 1.72 bits per heavy atom. The molecule has 0 radical (unpaired) electrons. The molecule has 3 rings (SSSR count). The van der Waals surface area contributed by atoms with E-state index in [0.29, 0.717) is 37.6 Å². The van der Waals surface area contributed by atoms with Gasteiger partial charge in [-0.25, -0.2) is 0 Å². The number of alkyl halides is 3. The second-order valence-corrected chi connectivity index (χ2v) is 7.41. The highest BCUT2D eigenvalue weighted by Gasteiger charge is 2.31. The first-order chi connectivity index (χ1) is 13.6. The van der Waals surface area contributed by atoms with Crippen molar-refractivity contribution in [3.8, 4) is 5.75 Å². The van der Waals surface area contributed by atoms with Crippen LogP contribution in [0.3, 0.4) is 0 Å². The van der Waals surface area contributed by atoms with Crippen LogP contribution in [0.25, 0.3) is 0 Å². The molecule has 1 aliphatic heterocycles. The molecular formula is C22H25F3N2O2. The Kier molecular flexibility index (Phi) is 6.05. The van der Waals surface area contributed by atoms with E-state index in [1.54, 1.807) is 11.0 Å². The summed E-state index contributed by atoms with van der Waals surface area (Å²) in [6.45, 7) is 7.76. The normalized spacial score (nSPS) is 14.8. The van der Waals surface area contributed by atoms with E-state index in [0.717, 1.165) is 28.8 Å². The number of hydrogen-bond acceptors (Lipinski definition) is 3. The molecule has 0 N–H and O–H groups in total. The molecule has 0 bridgehead atoms. The van der Waals surface area contributed by atoms with Gasteiger partial charge >= 0.3 is 6.18 Å². The van der Waals surface area contributed by atoms with Crippen LogP contribution >= 0.6 is 0 Å². The number of hydrogen-bond donors (Lipinski definition) is 0. The van der Waals surface area contributed by atoms with E-state index < -0.39 is 11.7 Å². The number of benzene rings is 2. The SMILES string of the molecule is Cc1cc(C)c(C)c(OCC(=O)N2CCN(c3cccc(C(F)(F)F)c3)CC2)c1. The molecule has 0 unspecified atom stereocenters. The van der Waals surface area contributed by atoms with E-state index in [1.165, 1.54) is 6.07 Å². The summed E-state index contributed by atoms with van der Waals surface area (Å²) in [5.41, 5.74) is 3.06. The van der Waals surface area contributed by atoms with E-state index in [1.807, 2.05) is 31.7 Å². The average Bonchev–Trinajstić information content (AvgIpc) is 2.69. The Morgan fingerprint density at radius 3 is 2.38 bits per heavy atom. The summed E-state index contributed by atoms with van der Waals surface area (Å²) in [6, 6.07) is 9.28. The van der Waals surface area contributed by atoms with Crippen LogP contribution in [0.15, 0.2) is 36.4 Å². The molecule has 156 valence electrons. The molecule has 0 aliphatic carbocycles. The molecule has 29 heavy (non-hydrogen) atoms. The first-order valence-corrected chi connectivity index (χ1v) is 9.56. The van der Waals surface area contributed by atoms with Crippen LogP contribution in [0.2, 0.25) is 0 Å². The number of carbonyl (C=O) groups is 1. The van der Waals surface area contributed by atoms with E-state index in [2.05, 4.69) is 6.07 Å². The molecule has 1 fully saturated rings. The van der Waals surface area contributed by atoms with E-state index in [9.17, 15) is 18.0 Å². The van der Waals surface area contributed by atoms with E-state index in [4.69, 9.17) is 4.74 Å². The fourth-order valence-electron chi connectivity index (χ4n) is 3.47. The molecule has 1 heterocycles. The molecule has 0 saturated carbocycles. The maximum atomic E-state index is 12.9. The number of ether oxygens (including phenoxy) is 1. The molecule has 2 aromatic carbocycles. The van der Waals surface area contributed by atoms with Crippen LogP contribution in [0.4, 0.5) is 18.9 Å². The van der Waals surface area contributed by atoms with Crippen molar-refractivity contribution in [3.63, 3.8) is 0 Å². The summed E-state index contributed by atoms with van der Waals surface area (Å²) in [6.07, 6.45) is -4.36. The standard InChI is InChI=1S/C22H25F3N2O2/c1-15-11-16(2)17(3)20(12-15)29-14-21(28)27-9-7-26(8-10-27)19-6-4-5-18(13-19)22(23,24)25/h4-6,11-13H,7-10,14H2,1-3H3. The lowest BCUT2D eigenvalue weighted by molar-refractivity contribution is -0.137. The molecule has 7 heteroatoms. The Morgan fingerprint density at radius 1 is 1.03 bits per heavy atom. The van der Waals surface area contributed by atoms with Gasteiger partial charge in [-0.3, -0.25) is 4.79 Å². The molecule has 2 aromatic rings. The Hall–Kier alpha value is -2.70. The minimum Gasteiger partial charge on any atom is -0.483 e. The van der Waals surface area contributed by atoms with Gasteiger partial charge in [0.05, 0.1) is 5.56 Å². The van der Waals surface area contributed by atoms with Crippen molar-refractivity contribution in [2.75, 3.05) is 37.7 Å². The van der Waals surface area contributed by atoms with Crippen LogP contribution < -0.4 is 9.64 Å². The smallest absolute Gasteiger partial charge is 0.416 e. The molecular weight excluding hydrogens is 381 g/mol. The van der Waals surface area contributed by atoms with Gasteiger partial charge in [-0.15, -0.1) is 0 Å². The van der Waals surface area contributed by atoms with Crippen LogP contribution in [0.1, 0.15) is 22.3 Å². The van der Waals surface area contributed by atoms with E-state index >= 15 is 0 Å². The molecule has 0 atom stereocenters. The van der Waals surface area contributed by atoms with Crippen LogP contribution in [0, 0.1) is 20.8 Å². The number of anilines is 1. The van der Waals surface area contributed by atoms with Crippen molar-refractivity contribution in [3.05, 3.63) is 58.7 Å². The topological polar surface area (TPSA) is 32.8 Å². The van der Waals surface area contributed by atoms with Gasteiger partial charge in [-0.2, -0.15) is 13.2 Å². The first-order valence-electron chi connectivity index (χ1n) is 9.56. The maximum absolute atomic E-state index is 12.9. The minimum atomic E-state index is -4.36. The highest BCUT2D eigenvalue weighted by molar-refractivity contribution is 5.78. The lowest BCUT2D eigenvalue weighted by atomic mass is 10.1. The zero-order chi connectivity index (χ0) is 21.2. The predicted molar refractivity (Wildman–Crippen MR) is 106 cm³/mol. The summed E-state index contributed by atoms with van der Waals surface area (Å²) in [5, 5.41) is 0. The van der Waals surface area contributed by atoms with Gasteiger partial charge in [0.25, 0.3) is 5.91 Å². The Balaban J connectivity index is 1.56. The van der Waals surface area contributed by atoms with Crippen molar-refractivity contribution >= 4 is 11.6 Å². The van der Waals surface area contributed by atoms with Gasteiger partial charge in [-0.05, 0) is 61.7 Å². The summed E-state index contributed by atoms with van der Waals surface area (Å²) in [4.78, 5) is 16.1. The minimum absolute atomic E-state index is 0.0483. The third kappa shape index (κ3) is 5.02. The molecule has 1 aliphatic rings. The number of nitrogens with zero attached hydrogens (tertiary/aromatic N) is 2. The predicted octanol–water partition coefficient (Wildman–Crippen LogP) is 4.36. The van der Waals surface area contributed by atoms with E-state index in [-0.39, 0.29) is 12.5 Å². The fraction of sp³-hybridized carbons (Fsp3) is 0.409. The van der Waals surface area contributed by atoms with Gasteiger partial charge in [0, 0.05) is 31.9 Å². The zero-order valence-electron chi connectivity index (χ0n) is 16.8. The van der Waals surface area contributed by atoms with Gasteiger partial charge in [0.2, 0.25) is 0 Å². The summed E-state index contributed by atoms with van der Waals surface area (Å²) in [7, 11) is 0. The molecule has 0 spiro atoms. The van der Waals surface area contributed by atoms with Crippen molar-refractivity contribution in [2.24, 2.45) is 0 Å². The second-order valence-electron chi connectivity index (χ2n) is 7.41. The summed E-state index contributed by atoms with van der Waals surface area (Å²) in [5.74, 6) is 0.589. The van der Waals surface area contributed by atoms with Crippen LogP contribution in [-0.4, -0.2) is 43.6 Å². The quantitative estimate of drug-likeness (QED) is 0.757. The number of amides is 1. The van der Waals surface area contributed by atoms with Gasteiger partial charge in [0.1, 0.15) is 5.75 Å². The number of piperazine rings is 1. The largest absolute Gasteiger partial charge is 0.483 e. The molecule has 1 saturated heterocycles. The van der Waals surface area contributed by atoms with Gasteiger partial charge in [0.15, 0.2) is 6.61 Å². The molecule has 0 aromatic heterocycles. The van der Waals surface area contributed by atoms with Crippen molar-refractivity contribution in [1.82, 2.24) is 4.90 Å². The average molecular weight is 406 g/mol. The molecule has 4 nitrogen and oxygen atoms in total. The highest BCUT2D eigenvalue weighted by Crippen LogP contribution is 2.32. The number of halogens is 3. The Labute approximate surface area is 168 Å². The second kappa shape index (κ2) is 8.35. The van der Waals surface area contributed by atoms with Crippen LogP contribution in [0.5, 0.6) is 5.75 Å². The fourth-order valence-corrected chi connectivity index (χ4v) is 3.47. The first kappa shape index (κ1) is 21.0. The van der Waals surface area contributed by atoms with Crippen molar-refractivity contribution < 1.29 is 22.7 Å². The number of carbonyl (C=O) groups excluding carboxylic acids is 1. The highest BCUT2D eigenvalue weighted by atomic mass is 19.4. The third-order valence-electron chi connectivity index (χ3n) is 5.29. The number of rotatable bonds is 4. The molecule has 1 amide bonds. The third-order valence-corrected chi connectivity index (χ3v) is 5.29. The Bertz CT molecular complexity index is 888. The lowest BCUT2D eigenvalue weighted by Gasteiger charge is -2.36. The van der Waals surface area contributed by atoms with Gasteiger partial charge in [-0.1, -0.05) is 12.1 Å². The maximum Gasteiger partial charge on any atom is 0.416 e. The summed E-state index contributed by atoms with van der Waals surface area (Å²) >= 11 is 0. The summed E-state index contributed by atoms with van der Waals surface area (Å²) < 4.78 is 44.5. The monoisotopic (exact) mass is 406 g/mol. The van der Waals surface area contributed by atoms with Gasteiger partial charge < -0.3 is 14.5 Å². The van der Waals surface area contributed by atoms with Crippen LogP contribution in [-0.2, 0) is 11.0 Å². The lowest BCUT2D eigenvalue weighted by Crippen LogP contribution is -2.50. The zero-order valence-corrected chi connectivity index (χ0v) is 16.8. The van der Waals surface area contributed by atoms with Crippen molar-refractivity contribution in [2.45, 2.75) is 26.9 Å². The number of aryl methyl sites for hydroxylation is 2. The van der Waals surface area contributed by atoms with Crippen molar-refractivity contribution in [1.29, 1.82) is 0 Å².